The molecule has 0 spiro atoms. The third kappa shape index (κ3) is 6.43. The first kappa shape index (κ1) is 18.1. The summed E-state index contributed by atoms with van der Waals surface area (Å²) in [5.41, 5.74) is 2.55. The van der Waals surface area contributed by atoms with Gasteiger partial charge in [-0.25, -0.2) is 9.97 Å². The van der Waals surface area contributed by atoms with Gasteiger partial charge in [0.2, 0.25) is 0 Å². The molecule has 0 saturated carbocycles. The van der Waals surface area contributed by atoms with E-state index in [1.807, 2.05) is 0 Å². The van der Waals surface area contributed by atoms with Crippen molar-refractivity contribution in [3.8, 4) is 0 Å². The number of hydrogen-bond donors (Lipinski definition) is 1. The summed E-state index contributed by atoms with van der Waals surface area (Å²) < 4.78 is 0. The largest absolute Gasteiger partial charge is 0.366 e. The van der Waals surface area contributed by atoms with Crippen molar-refractivity contribution >= 4 is 29.3 Å². The number of benzene rings is 1. The van der Waals surface area contributed by atoms with Crippen LogP contribution < -0.4 is 5.32 Å². The minimum Gasteiger partial charge on any atom is -0.366 e. The van der Waals surface area contributed by atoms with Crippen molar-refractivity contribution in [2.45, 2.75) is 50.3 Å². The van der Waals surface area contributed by atoms with Crippen molar-refractivity contribution < 1.29 is 0 Å². The third-order valence-corrected chi connectivity index (χ3v) is 5.34. The van der Waals surface area contributed by atoms with Gasteiger partial charge in [-0.05, 0) is 31.1 Å². The molecule has 0 atom stereocenters. The lowest BCUT2D eigenvalue weighted by Gasteiger charge is -2.10. The Hall–Kier alpha value is -1.20. The van der Waals surface area contributed by atoms with E-state index in [1.165, 1.54) is 11.1 Å². The number of thioether (sulfide) groups is 2. The van der Waals surface area contributed by atoms with Crippen molar-refractivity contribution in [2.75, 3.05) is 16.8 Å². The summed E-state index contributed by atoms with van der Waals surface area (Å²) >= 11 is 3.53. The van der Waals surface area contributed by atoms with Crippen LogP contribution in [0, 0.1) is 6.92 Å². The molecule has 0 aliphatic rings. The molecular formula is C18H25N3S2. The third-order valence-electron chi connectivity index (χ3n) is 3.17. The van der Waals surface area contributed by atoms with Gasteiger partial charge in [0.15, 0.2) is 5.16 Å². The SMILES string of the molecule is CCCSc1cc(NCc2ccc(C)cc2)nc(SCCC)n1. The van der Waals surface area contributed by atoms with Crippen LogP contribution in [0.1, 0.15) is 37.8 Å². The second-order valence-corrected chi connectivity index (χ2v) is 7.59. The maximum absolute atomic E-state index is 4.65. The lowest BCUT2D eigenvalue weighted by Crippen LogP contribution is -2.03. The van der Waals surface area contributed by atoms with Crippen LogP contribution in [-0.2, 0) is 6.54 Å². The number of rotatable bonds is 9. The average molecular weight is 348 g/mol. The highest BCUT2D eigenvalue weighted by molar-refractivity contribution is 7.99. The number of aryl methyl sites for hydroxylation is 1. The van der Waals surface area contributed by atoms with E-state index < -0.39 is 0 Å². The molecule has 0 amide bonds. The van der Waals surface area contributed by atoms with Gasteiger partial charge in [-0.15, -0.1) is 11.8 Å². The van der Waals surface area contributed by atoms with Crippen LogP contribution in [0.3, 0.4) is 0 Å². The molecule has 23 heavy (non-hydrogen) atoms. The summed E-state index contributed by atoms with van der Waals surface area (Å²) in [4.78, 5) is 9.29. The van der Waals surface area contributed by atoms with Crippen LogP contribution in [0.2, 0.25) is 0 Å². The quantitative estimate of drug-likeness (QED) is 0.373. The Morgan fingerprint density at radius 2 is 1.65 bits per heavy atom. The molecule has 0 radical (unpaired) electrons. The van der Waals surface area contributed by atoms with Gasteiger partial charge >= 0.3 is 0 Å². The van der Waals surface area contributed by atoms with E-state index in [1.54, 1.807) is 23.5 Å². The molecular weight excluding hydrogens is 322 g/mol. The van der Waals surface area contributed by atoms with Crippen molar-refractivity contribution in [3.05, 3.63) is 41.5 Å². The fourth-order valence-corrected chi connectivity index (χ4v) is 3.46. The molecule has 0 aliphatic heterocycles. The summed E-state index contributed by atoms with van der Waals surface area (Å²) in [7, 11) is 0. The Labute approximate surface area is 148 Å². The Bertz CT molecular complexity index is 573. The van der Waals surface area contributed by atoms with Crippen LogP contribution in [-0.4, -0.2) is 21.5 Å². The van der Waals surface area contributed by atoms with E-state index in [0.29, 0.717) is 0 Å². The van der Waals surface area contributed by atoms with Crippen molar-refractivity contribution in [1.29, 1.82) is 0 Å². The second kappa shape index (κ2) is 9.83. The van der Waals surface area contributed by atoms with Gasteiger partial charge in [-0.3, -0.25) is 0 Å². The minimum absolute atomic E-state index is 0.785. The van der Waals surface area contributed by atoms with E-state index >= 15 is 0 Å². The van der Waals surface area contributed by atoms with Gasteiger partial charge < -0.3 is 5.32 Å². The molecule has 0 unspecified atom stereocenters. The van der Waals surface area contributed by atoms with Gasteiger partial charge in [0, 0.05) is 18.4 Å². The topological polar surface area (TPSA) is 37.8 Å². The number of nitrogens with zero attached hydrogens (tertiary/aromatic N) is 2. The standard InChI is InChI=1S/C18H25N3S2/c1-4-10-22-17-12-16(20-18(21-17)23-11-5-2)19-13-15-8-6-14(3)7-9-15/h6-9,12H,4-5,10-11,13H2,1-3H3,(H,19,20,21). The molecule has 1 N–H and O–H groups in total. The zero-order chi connectivity index (χ0) is 16.5. The fourth-order valence-electron chi connectivity index (χ4n) is 1.93. The number of anilines is 1. The fraction of sp³-hybridized carbons (Fsp3) is 0.444. The van der Waals surface area contributed by atoms with Crippen LogP contribution in [0.5, 0.6) is 0 Å². The first-order valence-electron chi connectivity index (χ1n) is 8.15. The first-order valence-corrected chi connectivity index (χ1v) is 10.1. The molecule has 3 nitrogen and oxygen atoms in total. The second-order valence-electron chi connectivity index (χ2n) is 5.41. The number of nitrogens with one attached hydrogen (secondary N) is 1. The zero-order valence-corrected chi connectivity index (χ0v) is 15.8. The van der Waals surface area contributed by atoms with Crippen LogP contribution >= 0.6 is 23.5 Å². The molecule has 0 bridgehead atoms. The van der Waals surface area contributed by atoms with Crippen LogP contribution in [0.15, 0.2) is 40.5 Å². The first-order chi connectivity index (χ1) is 11.2. The van der Waals surface area contributed by atoms with Crippen molar-refractivity contribution in [2.24, 2.45) is 0 Å². The highest BCUT2D eigenvalue weighted by Crippen LogP contribution is 2.24. The lowest BCUT2D eigenvalue weighted by atomic mass is 10.1. The predicted molar refractivity (Wildman–Crippen MR) is 103 cm³/mol. The number of aromatic nitrogens is 2. The lowest BCUT2D eigenvalue weighted by molar-refractivity contribution is 0.883. The maximum Gasteiger partial charge on any atom is 0.190 e. The molecule has 2 aromatic rings. The van der Waals surface area contributed by atoms with E-state index in [9.17, 15) is 0 Å². The summed E-state index contributed by atoms with van der Waals surface area (Å²) in [6.07, 6.45) is 2.28. The van der Waals surface area contributed by atoms with Gasteiger partial charge in [0.05, 0.1) is 0 Å². The smallest absolute Gasteiger partial charge is 0.190 e. The Morgan fingerprint density at radius 3 is 2.35 bits per heavy atom. The van der Waals surface area contributed by atoms with E-state index in [2.05, 4.69) is 66.4 Å². The molecule has 1 heterocycles. The summed E-state index contributed by atoms with van der Waals surface area (Å²) in [5, 5.41) is 5.37. The Morgan fingerprint density at radius 1 is 0.957 bits per heavy atom. The predicted octanol–water partition coefficient (Wildman–Crippen LogP) is 5.40. The van der Waals surface area contributed by atoms with Crippen LogP contribution in [0.25, 0.3) is 0 Å². The number of hydrogen-bond acceptors (Lipinski definition) is 5. The molecule has 0 aliphatic carbocycles. The molecule has 5 heteroatoms. The van der Waals surface area contributed by atoms with Gasteiger partial charge in [0.1, 0.15) is 10.8 Å². The summed E-state index contributed by atoms with van der Waals surface area (Å²) in [5.74, 6) is 3.06. The van der Waals surface area contributed by atoms with Gasteiger partial charge in [-0.1, -0.05) is 55.4 Å². The van der Waals surface area contributed by atoms with E-state index in [4.69, 9.17) is 0 Å². The summed E-state index contributed by atoms with van der Waals surface area (Å²) in [6.45, 7) is 7.26. The zero-order valence-electron chi connectivity index (χ0n) is 14.1. The Kier molecular flexibility index (Phi) is 7.76. The maximum atomic E-state index is 4.65. The van der Waals surface area contributed by atoms with Gasteiger partial charge in [0.25, 0.3) is 0 Å². The molecule has 124 valence electrons. The monoisotopic (exact) mass is 347 g/mol. The molecule has 2 rings (SSSR count). The van der Waals surface area contributed by atoms with Crippen molar-refractivity contribution in [3.63, 3.8) is 0 Å². The Balaban J connectivity index is 2.06. The van der Waals surface area contributed by atoms with Gasteiger partial charge in [-0.2, -0.15) is 0 Å². The molecule has 0 saturated heterocycles. The van der Waals surface area contributed by atoms with E-state index in [-0.39, 0.29) is 0 Å². The van der Waals surface area contributed by atoms with Crippen molar-refractivity contribution in [1.82, 2.24) is 9.97 Å². The molecule has 0 fully saturated rings. The molecule has 1 aromatic heterocycles. The minimum atomic E-state index is 0.785. The normalized spacial score (nSPS) is 10.7. The van der Waals surface area contributed by atoms with E-state index in [0.717, 1.165) is 46.9 Å². The average Bonchev–Trinajstić information content (AvgIpc) is 2.57. The highest BCUT2D eigenvalue weighted by Gasteiger charge is 2.06. The summed E-state index contributed by atoms with van der Waals surface area (Å²) in [6, 6.07) is 10.7. The highest BCUT2D eigenvalue weighted by atomic mass is 32.2. The molecule has 1 aromatic carbocycles. The van der Waals surface area contributed by atoms with Crippen LogP contribution in [0.4, 0.5) is 5.82 Å².